The Hall–Kier alpha value is -1.92. The van der Waals surface area contributed by atoms with Crippen LogP contribution in [0.4, 0.5) is 4.79 Å². The summed E-state index contributed by atoms with van der Waals surface area (Å²) in [5, 5.41) is 11.9. The lowest BCUT2D eigenvalue weighted by atomic mass is 10.1. The fourth-order valence-corrected chi connectivity index (χ4v) is 3.75. The van der Waals surface area contributed by atoms with Gasteiger partial charge in [-0.25, -0.2) is 9.78 Å². The molecule has 5 nitrogen and oxygen atoms in total. The number of rotatable bonds is 9. The topological polar surface area (TPSA) is 65.5 Å². The van der Waals surface area contributed by atoms with Crippen LogP contribution in [-0.2, 0) is 13.0 Å². The third-order valence-corrected chi connectivity index (χ3v) is 5.61. The maximum absolute atomic E-state index is 10.5. The third kappa shape index (κ3) is 5.54. The van der Waals surface area contributed by atoms with Crippen LogP contribution in [0.25, 0.3) is 10.6 Å². The lowest BCUT2D eigenvalue weighted by molar-refractivity contribution is 0.194. The van der Waals surface area contributed by atoms with Crippen molar-refractivity contribution in [2.75, 3.05) is 13.6 Å². The van der Waals surface area contributed by atoms with Gasteiger partial charge >= 0.3 is 6.09 Å². The smallest absolute Gasteiger partial charge is 0.404 e. The molecule has 0 bridgehead atoms. The fourth-order valence-electron chi connectivity index (χ4n) is 2.89. The number of hydrogen-bond donors (Lipinski definition) is 2. The van der Waals surface area contributed by atoms with Gasteiger partial charge in [0, 0.05) is 22.7 Å². The van der Waals surface area contributed by atoms with E-state index in [4.69, 9.17) is 5.11 Å². The molecule has 1 aliphatic carbocycles. The van der Waals surface area contributed by atoms with E-state index in [1.807, 2.05) is 0 Å². The highest BCUT2D eigenvalue weighted by Crippen LogP contribution is 2.26. The van der Waals surface area contributed by atoms with Crippen LogP contribution in [0.15, 0.2) is 30.5 Å². The number of nitrogens with one attached hydrogen (secondary N) is 1. The van der Waals surface area contributed by atoms with E-state index in [2.05, 4.69) is 46.5 Å². The molecule has 6 heteroatoms. The molecule has 1 aromatic heterocycles. The summed E-state index contributed by atoms with van der Waals surface area (Å²) < 4.78 is 0. The maximum atomic E-state index is 10.5. The lowest BCUT2D eigenvalue weighted by Gasteiger charge is -2.14. The van der Waals surface area contributed by atoms with E-state index < -0.39 is 6.09 Å². The SMILES string of the molecule is CN(CCCCc1ccc(-c2ncc(CNC(=O)O)s2)cc1)C1CC1. The van der Waals surface area contributed by atoms with Gasteiger partial charge in [-0.3, -0.25) is 0 Å². The first-order chi connectivity index (χ1) is 12.1. The van der Waals surface area contributed by atoms with E-state index in [1.54, 1.807) is 6.20 Å². The number of unbranched alkanes of at least 4 members (excludes halogenated alkanes) is 1. The molecule has 1 saturated carbocycles. The minimum absolute atomic E-state index is 0.306. The second-order valence-corrected chi connectivity index (χ2v) is 7.77. The molecule has 1 aliphatic rings. The van der Waals surface area contributed by atoms with Crippen molar-refractivity contribution in [2.24, 2.45) is 0 Å². The zero-order valence-electron chi connectivity index (χ0n) is 14.6. The van der Waals surface area contributed by atoms with E-state index >= 15 is 0 Å². The number of amides is 1. The second-order valence-electron chi connectivity index (χ2n) is 6.66. The van der Waals surface area contributed by atoms with Gasteiger partial charge in [-0.15, -0.1) is 11.3 Å². The van der Waals surface area contributed by atoms with Gasteiger partial charge in [0.15, 0.2) is 0 Å². The molecule has 0 unspecified atom stereocenters. The van der Waals surface area contributed by atoms with E-state index in [9.17, 15) is 4.79 Å². The number of carbonyl (C=O) groups is 1. The quantitative estimate of drug-likeness (QED) is 0.664. The van der Waals surface area contributed by atoms with Gasteiger partial charge in [0.1, 0.15) is 5.01 Å². The van der Waals surface area contributed by atoms with E-state index in [1.165, 1.54) is 49.1 Å². The molecule has 1 heterocycles. The summed E-state index contributed by atoms with van der Waals surface area (Å²) in [5.74, 6) is 0. The predicted molar refractivity (Wildman–Crippen MR) is 101 cm³/mol. The van der Waals surface area contributed by atoms with Crippen LogP contribution < -0.4 is 5.32 Å². The molecule has 0 radical (unpaired) electrons. The summed E-state index contributed by atoms with van der Waals surface area (Å²) in [6.45, 7) is 1.51. The first-order valence-corrected chi connectivity index (χ1v) is 9.64. The standard InChI is InChI=1S/C19H25N3O2S/c1-22(16-9-10-16)11-3-2-4-14-5-7-15(8-6-14)18-20-12-17(25-18)13-21-19(23)24/h5-8,12,16,21H,2-4,9-11,13H2,1H3,(H,23,24). The highest BCUT2D eigenvalue weighted by molar-refractivity contribution is 7.15. The average molecular weight is 359 g/mol. The van der Waals surface area contributed by atoms with Gasteiger partial charge in [-0.2, -0.15) is 0 Å². The fraction of sp³-hybridized carbons (Fsp3) is 0.474. The summed E-state index contributed by atoms with van der Waals surface area (Å²) in [4.78, 5) is 18.3. The van der Waals surface area contributed by atoms with Crippen LogP contribution in [0.3, 0.4) is 0 Å². The summed E-state index contributed by atoms with van der Waals surface area (Å²) >= 11 is 1.52. The van der Waals surface area contributed by atoms with Crippen LogP contribution >= 0.6 is 11.3 Å². The van der Waals surface area contributed by atoms with Crippen molar-refractivity contribution >= 4 is 17.4 Å². The predicted octanol–water partition coefficient (Wildman–Crippen LogP) is 3.99. The van der Waals surface area contributed by atoms with Gasteiger partial charge < -0.3 is 15.3 Å². The molecule has 1 aromatic carbocycles. The van der Waals surface area contributed by atoms with Crippen molar-refractivity contribution in [1.29, 1.82) is 0 Å². The highest BCUT2D eigenvalue weighted by Gasteiger charge is 2.25. The van der Waals surface area contributed by atoms with Gasteiger partial charge in [-0.05, 0) is 51.3 Å². The minimum atomic E-state index is -1.01. The lowest BCUT2D eigenvalue weighted by Crippen LogP contribution is -2.21. The molecule has 134 valence electrons. The molecule has 25 heavy (non-hydrogen) atoms. The van der Waals surface area contributed by atoms with Crippen molar-refractivity contribution in [2.45, 2.75) is 44.7 Å². The van der Waals surface area contributed by atoms with Crippen LogP contribution in [0.2, 0.25) is 0 Å². The molecule has 0 spiro atoms. The Morgan fingerprint density at radius 1 is 1.32 bits per heavy atom. The Balaban J connectivity index is 1.45. The van der Waals surface area contributed by atoms with Gasteiger partial charge in [0.25, 0.3) is 0 Å². The monoisotopic (exact) mass is 359 g/mol. The van der Waals surface area contributed by atoms with Crippen LogP contribution in [-0.4, -0.2) is 40.7 Å². The van der Waals surface area contributed by atoms with E-state index in [0.717, 1.165) is 27.9 Å². The van der Waals surface area contributed by atoms with Crippen LogP contribution in [0.1, 0.15) is 36.1 Å². The molecule has 1 amide bonds. The number of nitrogens with zero attached hydrogens (tertiary/aromatic N) is 2. The first kappa shape index (κ1) is 17.9. The van der Waals surface area contributed by atoms with Crippen molar-refractivity contribution in [3.63, 3.8) is 0 Å². The first-order valence-electron chi connectivity index (χ1n) is 8.83. The number of benzene rings is 1. The molecule has 2 aromatic rings. The Morgan fingerprint density at radius 3 is 2.76 bits per heavy atom. The summed E-state index contributed by atoms with van der Waals surface area (Å²) in [6, 6.07) is 9.43. The Bertz CT molecular complexity index is 695. The molecule has 2 N–H and O–H groups in total. The van der Waals surface area contributed by atoms with Gasteiger partial charge in [0.2, 0.25) is 0 Å². The van der Waals surface area contributed by atoms with E-state index in [0.29, 0.717) is 6.54 Å². The molecular weight excluding hydrogens is 334 g/mol. The number of carboxylic acid groups (broad SMARTS) is 1. The molecule has 0 aliphatic heterocycles. The Morgan fingerprint density at radius 2 is 2.08 bits per heavy atom. The zero-order valence-corrected chi connectivity index (χ0v) is 15.4. The van der Waals surface area contributed by atoms with Gasteiger partial charge in [0.05, 0.1) is 6.54 Å². The second kappa shape index (κ2) is 8.45. The van der Waals surface area contributed by atoms with Crippen molar-refractivity contribution in [1.82, 2.24) is 15.2 Å². The Kier molecular flexibility index (Phi) is 6.04. The average Bonchev–Trinajstić information content (AvgIpc) is 3.36. The largest absolute Gasteiger partial charge is 0.465 e. The highest BCUT2D eigenvalue weighted by atomic mass is 32.1. The van der Waals surface area contributed by atoms with Crippen LogP contribution in [0, 0.1) is 0 Å². The van der Waals surface area contributed by atoms with E-state index in [-0.39, 0.29) is 0 Å². The summed E-state index contributed by atoms with van der Waals surface area (Å²) in [6.07, 6.45) is 7.07. The van der Waals surface area contributed by atoms with Crippen molar-refractivity contribution in [3.8, 4) is 10.6 Å². The number of aryl methyl sites for hydroxylation is 1. The molecular formula is C19H25N3O2S. The number of hydrogen-bond acceptors (Lipinski definition) is 4. The number of aromatic nitrogens is 1. The number of thiazole rings is 1. The minimum Gasteiger partial charge on any atom is -0.465 e. The summed E-state index contributed by atoms with van der Waals surface area (Å²) in [7, 11) is 2.24. The van der Waals surface area contributed by atoms with Gasteiger partial charge in [-0.1, -0.05) is 24.3 Å². The molecule has 0 saturated heterocycles. The van der Waals surface area contributed by atoms with Crippen LogP contribution in [0.5, 0.6) is 0 Å². The van der Waals surface area contributed by atoms with Crippen molar-refractivity contribution < 1.29 is 9.90 Å². The zero-order chi connectivity index (χ0) is 17.6. The molecule has 0 atom stereocenters. The Labute approximate surface area is 152 Å². The third-order valence-electron chi connectivity index (χ3n) is 4.56. The van der Waals surface area contributed by atoms with Crippen molar-refractivity contribution in [3.05, 3.63) is 40.9 Å². The normalized spacial score (nSPS) is 14.0. The molecule has 3 rings (SSSR count). The summed E-state index contributed by atoms with van der Waals surface area (Å²) in [5.41, 5.74) is 2.45. The maximum Gasteiger partial charge on any atom is 0.404 e. The molecule has 1 fully saturated rings.